The van der Waals surface area contributed by atoms with E-state index in [0.29, 0.717) is 16.2 Å². The summed E-state index contributed by atoms with van der Waals surface area (Å²) >= 11 is 0. The molecule has 0 aromatic carbocycles. The molecule has 0 amide bonds. The van der Waals surface area contributed by atoms with Gasteiger partial charge >= 0.3 is 0 Å². The largest absolute Gasteiger partial charge is 0.0993 e. The van der Waals surface area contributed by atoms with Crippen molar-refractivity contribution in [1.29, 1.82) is 0 Å². The van der Waals surface area contributed by atoms with Gasteiger partial charge in [0.2, 0.25) is 0 Å². The molecule has 15 heavy (non-hydrogen) atoms. The van der Waals surface area contributed by atoms with Gasteiger partial charge in [0.15, 0.2) is 0 Å². The van der Waals surface area contributed by atoms with Crippen LogP contribution >= 0.6 is 0 Å². The molecule has 84 valence electrons. The topological polar surface area (TPSA) is 0 Å². The Hall–Kier alpha value is -0.260. The maximum atomic E-state index is 4.44. The van der Waals surface area contributed by atoms with Crippen molar-refractivity contribution in [2.45, 2.75) is 59.3 Å². The second-order valence-corrected chi connectivity index (χ2v) is 7.21. The smallest absolute Gasteiger partial charge is 0.00289 e. The first-order chi connectivity index (χ1) is 6.92. The molecular weight excluding hydrogens is 180 g/mol. The summed E-state index contributed by atoms with van der Waals surface area (Å²) in [5, 5.41) is 0. The molecular formula is C15H24. The molecule has 3 unspecified atom stereocenters. The molecule has 3 fully saturated rings. The summed E-state index contributed by atoms with van der Waals surface area (Å²) < 4.78 is 0. The van der Waals surface area contributed by atoms with E-state index in [4.69, 9.17) is 0 Å². The van der Waals surface area contributed by atoms with Gasteiger partial charge in [0, 0.05) is 0 Å². The van der Waals surface area contributed by atoms with E-state index in [1.807, 2.05) is 0 Å². The van der Waals surface area contributed by atoms with E-state index >= 15 is 0 Å². The van der Waals surface area contributed by atoms with Crippen LogP contribution in [0.1, 0.15) is 59.3 Å². The fourth-order valence-corrected chi connectivity index (χ4v) is 5.80. The minimum atomic E-state index is 0.541. The van der Waals surface area contributed by atoms with E-state index < -0.39 is 0 Å². The molecule has 0 saturated heterocycles. The Morgan fingerprint density at radius 1 is 1.20 bits per heavy atom. The van der Waals surface area contributed by atoms with Gasteiger partial charge < -0.3 is 0 Å². The molecule has 0 N–H and O–H groups in total. The lowest BCUT2D eigenvalue weighted by Gasteiger charge is -2.46. The maximum absolute atomic E-state index is 4.44. The fraction of sp³-hybridized carbons (Fsp3) is 0.867. The minimum Gasteiger partial charge on any atom is -0.0993 e. The summed E-state index contributed by atoms with van der Waals surface area (Å²) in [6, 6.07) is 0. The molecule has 0 aromatic heterocycles. The SMILES string of the molecule is C=C1CCCC2(C)C3CCC12CC3(C)C. The molecule has 3 aliphatic carbocycles. The number of allylic oxidation sites excluding steroid dienone is 1. The highest BCUT2D eigenvalue weighted by atomic mass is 14.7. The van der Waals surface area contributed by atoms with E-state index in [9.17, 15) is 0 Å². The van der Waals surface area contributed by atoms with Gasteiger partial charge in [-0.3, -0.25) is 0 Å². The molecule has 0 radical (unpaired) electrons. The second kappa shape index (κ2) is 2.52. The minimum absolute atomic E-state index is 0.541. The standard InChI is InChI=1S/C15H24/c1-11-6-5-8-14(4)12-7-9-15(11,14)10-13(12,2)3/h12H,1,5-10H2,2-4H3. The molecule has 2 bridgehead atoms. The Morgan fingerprint density at radius 3 is 2.53 bits per heavy atom. The molecule has 0 aromatic rings. The van der Waals surface area contributed by atoms with Crippen LogP contribution in [-0.4, -0.2) is 0 Å². The molecule has 0 spiro atoms. The van der Waals surface area contributed by atoms with Gasteiger partial charge in [0.05, 0.1) is 0 Å². The Kier molecular flexibility index (Phi) is 1.67. The molecule has 3 aliphatic rings. The zero-order valence-corrected chi connectivity index (χ0v) is 10.5. The number of hydrogen-bond acceptors (Lipinski definition) is 0. The summed E-state index contributed by atoms with van der Waals surface area (Å²) in [5.41, 5.74) is 3.32. The molecule has 0 heterocycles. The average Bonchev–Trinajstić information content (AvgIpc) is 2.50. The maximum Gasteiger partial charge on any atom is -0.00289 e. The summed E-state index contributed by atoms with van der Waals surface area (Å²) in [4.78, 5) is 0. The van der Waals surface area contributed by atoms with Crippen LogP contribution in [0.4, 0.5) is 0 Å². The zero-order chi connectivity index (χ0) is 10.9. The van der Waals surface area contributed by atoms with Crippen molar-refractivity contribution in [3.8, 4) is 0 Å². The van der Waals surface area contributed by atoms with Crippen LogP contribution in [0.15, 0.2) is 12.2 Å². The predicted octanol–water partition coefficient (Wildman–Crippen LogP) is 4.56. The second-order valence-electron chi connectivity index (χ2n) is 7.21. The van der Waals surface area contributed by atoms with Crippen LogP contribution in [0.25, 0.3) is 0 Å². The Morgan fingerprint density at radius 2 is 1.93 bits per heavy atom. The van der Waals surface area contributed by atoms with Crippen molar-refractivity contribution in [3.05, 3.63) is 12.2 Å². The summed E-state index contributed by atoms with van der Waals surface area (Å²) in [6.07, 6.45) is 8.47. The quantitative estimate of drug-likeness (QED) is 0.507. The summed E-state index contributed by atoms with van der Waals surface area (Å²) in [6.45, 7) is 12.0. The first-order valence-corrected chi connectivity index (χ1v) is 6.61. The average molecular weight is 204 g/mol. The lowest BCUT2D eigenvalue weighted by atomic mass is 9.58. The molecule has 3 atom stereocenters. The van der Waals surface area contributed by atoms with Crippen molar-refractivity contribution in [1.82, 2.24) is 0 Å². The Balaban J connectivity index is 2.14. The third-order valence-electron chi connectivity index (χ3n) is 6.27. The highest BCUT2D eigenvalue weighted by Gasteiger charge is 2.68. The molecule has 3 saturated carbocycles. The molecule has 0 heteroatoms. The van der Waals surface area contributed by atoms with Gasteiger partial charge in [0.25, 0.3) is 0 Å². The molecule has 0 aliphatic heterocycles. The van der Waals surface area contributed by atoms with Crippen LogP contribution in [0, 0.1) is 22.2 Å². The van der Waals surface area contributed by atoms with E-state index in [2.05, 4.69) is 27.4 Å². The van der Waals surface area contributed by atoms with E-state index in [-0.39, 0.29) is 0 Å². The summed E-state index contributed by atoms with van der Waals surface area (Å²) in [7, 11) is 0. The van der Waals surface area contributed by atoms with Crippen LogP contribution in [0.2, 0.25) is 0 Å². The van der Waals surface area contributed by atoms with Crippen molar-refractivity contribution < 1.29 is 0 Å². The van der Waals surface area contributed by atoms with Crippen molar-refractivity contribution >= 4 is 0 Å². The Bertz CT molecular complexity index is 325. The van der Waals surface area contributed by atoms with Gasteiger partial charge in [-0.1, -0.05) is 32.9 Å². The third kappa shape index (κ3) is 0.905. The highest BCUT2D eigenvalue weighted by Crippen LogP contribution is 2.77. The van der Waals surface area contributed by atoms with Gasteiger partial charge in [-0.05, 0) is 60.7 Å². The third-order valence-corrected chi connectivity index (χ3v) is 6.27. The first kappa shape index (κ1) is 9.93. The van der Waals surface area contributed by atoms with E-state index in [1.54, 1.807) is 5.57 Å². The molecule has 0 nitrogen and oxygen atoms in total. The predicted molar refractivity (Wildman–Crippen MR) is 64.7 cm³/mol. The lowest BCUT2D eigenvalue weighted by molar-refractivity contribution is 0.0967. The fourth-order valence-electron chi connectivity index (χ4n) is 5.80. The van der Waals surface area contributed by atoms with Crippen molar-refractivity contribution in [3.63, 3.8) is 0 Å². The highest BCUT2D eigenvalue weighted by molar-refractivity contribution is 5.30. The van der Waals surface area contributed by atoms with Crippen LogP contribution in [-0.2, 0) is 0 Å². The first-order valence-electron chi connectivity index (χ1n) is 6.61. The van der Waals surface area contributed by atoms with Gasteiger partial charge in [-0.25, -0.2) is 0 Å². The monoisotopic (exact) mass is 204 g/mol. The van der Waals surface area contributed by atoms with Crippen LogP contribution in [0.3, 0.4) is 0 Å². The molecule has 3 rings (SSSR count). The van der Waals surface area contributed by atoms with Gasteiger partial charge in [0.1, 0.15) is 0 Å². The van der Waals surface area contributed by atoms with Crippen LogP contribution in [0.5, 0.6) is 0 Å². The van der Waals surface area contributed by atoms with E-state index in [1.165, 1.54) is 38.5 Å². The van der Waals surface area contributed by atoms with Gasteiger partial charge in [-0.2, -0.15) is 0 Å². The number of rotatable bonds is 0. The number of hydrogen-bond donors (Lipinski definition) is 0. The van der Waals surface area contributed by atoms with Gasteiger partial charge in [-0.15, -0.1) is 0 Å². The zero-order valence-electron chi connectivity index (χ0n) is 10.5. The van der Waals surface area contributed by atoms with Crippen molar-refractivity contribution in [2.75, 3.05) is 0 Å². The lowest BCUT2D eigenvalue weighted by Crippen LogP contribution is -2.37. The van der Waals surface area contributed by atoms with E-state index in [0.717, 1.165) is 5.92 Å². The summed E-state index contributed by atoms with van der Waals surface area (Å²) in [5.74, 6) is 0.960. The van der Waals surface area contributed by atoms with Crippen molar-refractivity contribution in [2.24, 2.45) is 22.2 Å². The van der Waals surface area contributed by atoms with Crippen LogP contribution < -0.4 is 0 Å². The Labute approximate surface area is 94.1 Å². The normalized spacial score (nSPS) is 51.9.